The van der Waals surface area contributed by atoms with Gasteiger partial charge in [0.2, 0.25) is 11.9 Å². The summed E-state index contributed by atoms with van der Waals surface area (Å²) in [4.78, 5) is 33.2. The Morgan fingerprint density at radius 1 is 1.13 bits per heavy atom. The first kappa shape index (κ1) is 20.9. The maximum absolute atomic E-state index is 13.7. The molecule has 4 rings (SSSR count). The first-order valence-corrected chi connectivity index (χ1v) is 10.7. The zero-order chi connectivity index (χ0) is 22.0. The van der Waals surface area contributed by atoms with Crippen molar-refractivity contribution >= 4 is 28.9 Å². The number of para-hydroxylation sites is 2. The summed E-state index contributed by atoms with van der Waals surface area (Å²) in [5.74, 6) is -0.582. The number of fused-ring (bicyclic) bond motifs is 3. The lowest BCUT2D eigenvalue weighted by atomic mass is 9.89. The van der Waals surface area contributed by atoms with Gasteiger partial charge in [0, 0.05) is 6.54 Å². The number of rotatable bonds is 7. The van der Waals surface area contributed by atoms with Gasteiger partial charge < -0.3 is 14.0 Å². The number of imidazole rings is 1. The number of nitrogens with zero attached hydrogens (tertiary/aromatic N) is 3. The number of carbonyl (C=O) groups excluding carboxylic acids is 2. The van der Waals surface area contributed by atoms with Crippen LogP contribution in [-0.4, -0.2) is 41.7 Å². The summed E-state index contributed by atoms with van der Waals surface area (Å²) < 4.78 is 12.8. The van der Waals surface area contributed by atoms with E-state index in [2.05, 4.69) is 6.92 Å². The second kappa shape index (κ2) is 8.79. The Morgan fingerprint density at radius 3 is 2.68 bits per heavy atom. The number of esters is 1. The van der Waals surface area contributed by atoms with Crippen LogP contribution in [0.15, 0.2) is 48.5 Å². The van der Waals surface area contributed by atoms with Crippen molar-refractivity contribution in [1.82, 2.24) is 9.55 Å². The molecule has 0 saturated heterocycles. The third kappa shape index (κ3) is 3.65. The van der Waals surface area contributed by atoms with Crippen LogP contribution in [0.4, 0.5) is 5.95 Å². The van der Waals surface area contributed by atoms with Crippen LogP contribution in [0.3, 0.4) is 0 Å². The van der Waals surface area contributed by atoms with Gasteiger partial charge in [-0.15, -0.1) is 0 Å². The Kier molecular flexibility index (Phi) is 5.93. The average Bonchev–Trinajstić information content (AvgIpc) is 3.17. The van der Waals surface area contributed by atoms with E-state index in [-0.39, 0.29) is 12.5 Å². The van der Waals surface area contributed by atoms with Gasteiger partial charge >= 0.3 is 5.97 Å². The molecule has 2 atom stereocenters. The van der Waals surface area contributed by atoms with E-state index in [1.165, 1.54) is 0 Å². The van der Waals surface area contributed by atoms with Crippen molar-refractivity contribution in [2.75, 3.05) is 25.2 Å². The summed E-state index contributed by atoms with van der Waals surface area (Å²) in [6.45, 7) is 4.53. The summed E-state index contributed by atoms with van der Waals surface area (Å²) in [5, 5.41) is 0. The maximum Gasteiger partial charge on any atom is 0.321 e. The van der Waals surface area contributed by atoms with Crippen molar-refractivity contribution in [3.05, 3.63) is 54.1 Å². The van der Waals surface area contributed by atoms with E-state index in [0.717, 1.165) is 29.4 Å². The standard InChI is InChI=1S/C24H27N3O4/c1-4-6-14-26-22(28)20(23(29)31-5-2)21(16-10-9-11-17(15-16)30-3)27-19-13-8-7-12-18(19)25-24(26)27/h7-13,15,20-21H,4-6,14H2,1-3H3/t20-,21+/m0/s1. The van der Waals surface area contributed by atoms with Crippen LogP contribution in [0.25, 0.3) is 11.0 Å². The molecule has 0 radical (unpaired) electrons. The Hall–Kier alpha value is -3.35. The minimum absolute atomic E-state index is 0.208. The number of anilines is 1. The van der Waals surface area contributed by atoms with E-state index in [4.69, 9.17) is 14.5 Å². The monoisotopic (exact) mass is 421 g/mol. The fourth-order valence-electron chi connectivity index (χ4n) is 4.20. The van der Waals surface area contributed by atoms with E-state index in [0.29, 0.717) is 18.2 Å². The third-order valence-electron chi connectivity index (χ3n) is 5.66. The molecule has 0 aliphatic carbocycles. The summed E-state index contributed by atoms with van der Waals surface area (Å²) in [6.07, 6.45) is 1.74. The summed E-state index contributed by atoms with van der Waals surface area (Å²) >= 11 is 0. The molecule has 1 aliphatic rings. The Balaban J connectivity index is 1.98. The zero-order valence-electron chi connectivity index (χ0n) is 18.1. The fourth-order valence-corrected chi connectivity index (χ4v) is 4.20. The van der Waals surface area contributed by atoms with Gasteiger partial charge in [-0.25, -0.2) is 4.98 Å². The quantitative estimate of drug-likeness (QED) is 0.426. The van der Waals surface area contributed by atoms with Crippen molar-refractivity contribution in [3.8, 4) is 5.75 Å². The molecule has 0 fully saturated rings. The molecule has 2 aromatic carbocycles. The minimum Gasteiger partial charge on any atom is -0.497 e. The molecular formula is C24H27N3O4. The van der Waals surface area contributed by atoms with Gasteiger partial charge in [-0.2, -0.15) is 0 Å². The average molecular weight is 421 g/mol. The third-order valence-corrected chi connectivity index (χ3v) is 5.66. The molecule has 0 spiro atoms. The first-order valence-electron chi connectivity index (χ1n) is 10.7. The van der Waals surface area contributed by atoms with Crippen molar-refractivity contribution < 1.29 is 19.1 Å². The second-order valence-corrected chi connectivity index (χ2v) is 7.57. The van der Waals surface area contributed by atoms with Crippen LogP contribution >= 0.6 is 0 Å². The zero-order valence-corrected chi connectivity index (χ0v) is 18.1. The van der Waals surface area contributed by atoms with Crippen LogP contribution in [0.2, 0.25) is 0 Å². The fraction of sp³-hybridized carbons (Fsp3) is 0.375. The largest absolute Gasteiger partial charge is 0.497 e. The molecule has 0 saturated carbocycles. The van der Waals surface area contributed by atoms with Gasteiger partial charge in [0.1, 0.15) is 5.75 Å². The van der Waals surface area contributed by atoms with Gasteiger partial charge in [-0.05, 0) is 43.2 Å². The van der Waals surface area contributed by atoms with Crippen molar-refractivity contribution in [2.24, 2.45) is 5.92 Å². The molecule has 1 aliphatic heterocycles. The molecule has 162 valence electrons. The lowest BCUT2D eigenvalue weighted by molar-refractivity contribution is -0.153. The highest BCUT2D eigenvalue weighted by Gasteiger charge is 2.47. The van der Waals surface area contributed by atoms with Gasteiger partial charge in [-0.1, -0.05) is 37.6 Å². The molecular weight excluding hydrogens is 394 g/mol. The van der Waals surface area contributed by atoms with Gasteiger partial charge in [-0.3, -0.25) is 14.5 Å². The SMILES string of the molecule is CCCCN1C(=O)[C@@H](C(=O)OCC)[C@@H](c2cccc(OC)c2)n2c1nc1ccccc12. The van der Waals surface area contributed by atoms with Crippen LogP contribution in [0.5, 0.6) is 5.75 Å². The van der Waals surface area contributed by atoms with Crippen molar-refractivity contribution in [2.45, 2.75) is 32.7 Å². The van der Waals surface area contributed by atoms with E-state index in [1.807, 2.05) is 53.1 Å². The predicted molar refractivity (Wildman–Crippen MR) is 118 cm³/mol. The number of ether oxygens (including phenoxy) is 2. The molecule has 3 aromatic rings. The smallest absolute Gasteiger partial charge is 0.321 e. The van der Waals surface area contributed by atoms with E-state index >= 15 is 0 Å². The number of amides is 1. The molecule has 0 unspecified atom stereocenters. The van der Waals surface area contributed by atoms with Crippen LogP contribution in [0, 0.1) is 5.92 Å². The Morgan fingerprint density at radius 2 is 1.94 bits per heavy atom. The molecule has 7 heteroatoms. The van der Waals surface area contributed by atoms with Gasteiger partial charge in [0.15, 0.2) is 5.92 Å². The second-order valence-electron chi connectivity index (χ2n) is 7.57. The normalized spacial score (nSPS) is 18.2. The minimum atomic E-state index is -1.01. The molecule has 2 heterocycles. The van der Waals surface area contributed by atoms with Crippen LogP contribution in [0.1, 0.15) is 38.3 Å². The van der Waals surface area contributed by atoms with Gasteiger partial charge in [0.05, 0.1) is 30.8 Å². The molecule has 31 heavy (non-hydrogen) atoms. The number of methoxy groups -OCH3 is 1. The summed E-state index contributed by atoms with van der Waals surface area (Å²) in [6, 6.07) is 14.6. The van der Waals surface area contributed by atoms with Gasteiger partial charge in [0.25, 0.3) is 0 Å². The maximum atomic E-state index is 13.7. The highest BCUT2D eigenvalue weighted by atomic mass is 16.5. The predicted octanol–water partition coefficient (Wildman–Crippen LogP) is 3.96. The number of aromatic nitrogens is 2. The molecule has 0 N–H and O–H groups in total. The summed E-state index contributed by atoms with van der Waals surface area (Å²) in [5.41, 5.74) is 2.45. The number of carbonyl (C=O) groups is 2. The lowest BCUT2D eigenvalue weighted by Gasteiger charge is -2.38. The number of hydrogen-bond donors (Lipinski definition) is 0. The van der Waals surface area contributed by atoms with Crippen molar-refractivity contribution in [3.63, 3.8) is 0 Å². The first-order chi connectivity index (χ1) is 15.1. The van der Waals surface area contributed by atoms with Crippen LogP contribution in [-0.2, 0) is 14.3 Å². The molecule has 1 aromatic heterocycles. The number of benzene rings is 2. The Labute approximate surface area is 181 Å². The lowest BCUT2D eigenvalue weighted by Crippen LogP contribution is -2.50. The molecule has 7 nitrogen and oxygen atoms in total. The van der Waals surface area contributed by atoms with E-state index in [9.17, 15) is 9.59 Å². The summed E-state index contributed by atoms with van der Waals surface area (Å²) in [7, 11) is 1.60. The van der Waals surface area contributed by atoms with Crippen molar-refractivity contribution in [1.29, 1.82) is 0 Å². The van der Waals surface area contributed by atoms with Crippen LogP contribution < -0.4 is 9.64 Å². The molecule has 1 amide bonds. The van der Waals surface area contributed by atoms with E-state index in [1.54, 1.807) is 18.9 Å². The molecule has 0 bridgehead atoms. The number of hydrogen-bond acceptors (Lipinski definition) is 5. The topological polar surface area (TPSA) is 73.7 Å². The Bertz CT molecular complexity index is 1110. The highest BCUT2D eigenvalue weighted by Crippen LogP contribution is 2.42. The number of unbranched alkanes of at least 4 members (excludes halogenated alkanes) is 1. The van der Waals surface area contributed by atoms with E-state index < -0.39 is 17.9 Å². The highest BCUT2D eigenvalue weighted by molar-refractivity contribution is 6.08.